The summed E-state index contributed by atoms with van der Waals surface area (Å²) in [4.78, 5) is 4.35. The van der Waals surface area contributed by atoms with E-state index in [1.807, 2.05) is 37.4 Å². The van der Waals surface area contributed by atoms with Gasteiger partial charge in [-0.3, -0.25) is 4.99 Å². The smallest absolute Gasteiger partial charge is 0.134 e. The third-order valence-electron chi connectivity index (χ3n) is 2.77. The highest BCUT2D eigenvalue weighted by Gasteiger charge is 2.14. The third-order valence-corrected chi connectivity index (χ3v) is 2.77. The summed E-state index contributed by atoms with van der Waals surface area (Å²) in [7, 11) is 1.92. The number of fused-ring (bicyclic) bond motifs is 1. The van der Waals surface area contributed by atoms with Crippen molar-refractivity contribution in [2.24, 2.45) is 10.8 Å². The molecule has 7 N–H and O–H groups in total. The van der Waals surface area contributed by atoms with E-state index < -0.39 is 0 Å². The number of furan rings is 1. The van der Waals surface area contributed by atoms with Crippen molar-refractivity contribution in [2.75, 3.05) is 13.6 Å². The molecule has 0 amide bonds. The van der Waals surface area contributed by atoms with E-state index in [1.165, 1.54) is 6.34 Å². The standard InChI is InChI=1S/C13H18N4O.H3N.H2/c1-15-7-6-11(16-9-17-14)13-8-10-4-2-3-5-12(10)18-13;;/h2-5,8-9,11,15H,6-7,14H2,1H3,(H,16,17);1H3;1H. The van der Waals surface area contributed by atoms with Crippen LogP contribution in [0.15, 0.2) is 39.7 Å². The van der Waals surface area contributed by atoms with Crippen LogP contribution in [0.1, 0.15) is 19.6 Å². The quantitative estimate of drug-likeness (QED) is 0.276. The fourth-order valence-corrected chi connectivity index (χ4v) is 1.87. The number of nitrogens with two attached hydrogens (primary N) is 1. The van der Waals surface area contributed by atoms with E-state index in [-0.39, 0.29) is 13.6 Å². The SMILES string of the molecule is CNCCC(N=CNN)c1cc2ccccc2o1.N.[HH]. The van der Waals surface area contributed by atoms with Crippen molar-refractivity contribution < 1.29 is 5.84 Å². The summed E-state index contributed by atoms with van der Waals surface area (Å²) >= 11 is 0. The molecule has 2 rings (SSSR count). The summed E-state index contributed by atoms with van der Waals surface area (Å²) in [6.45, 7) is 0.865. The first kappa shape index (κ1) is 15.2. The van der Waals surface area contributed by atoms with Crippen molar-refractivity contribution >= 4 is 17.3 Å². The summed E-state index contributed by atoms with van der Waals surface area (Å²) in [5.41, 5.74) is 3.31. The fraction of sp³-hybridized carbons (Fsp3) is 0.308. The Morgan fingerprint density at radius 1 is 1.47 bits per heavy atom. The molecule has 0 saturated heterocycles. The van der Waals surface area contributed by atoms with Crippen molar-refractivity contribution in [3.8, 4) is 0 Å². The van der Waals surface area contributed by atoms with Gasteiger partial charge in [-0.05, 0) is 32.1 Å². The summed E-state index contributed by atoms with van der Waals surface area (Å²) in [6, 6.07) is 9.95. The molecule has 0 aliphatic rings. The zero-order chi connectivity index (χ0) is 12.8. The van der Waals surface area contributed by atoms with Crippen LogP contribution in [0.5, 0.6) is 0 Å². The van der Waals surface area contributed by atoms with Crippen molar-refractivity contribution in [3.05, 3.63) is 36.1 Å². The number of hydrogen-bond donors (Lipinski definition) is 4. The normalized spacial score (nSPS) is 12.5. The predicted octanol–water partition coefficient (Wildman–Crippen LogP) is 1.98. The minimum absolute atomic E-state index is 0. The van der Waals surface area contributed by atoms with Crippen molar-refractivity contribution in [2.45, 2.75) is 12.5 Å². The van der Waals surface area contributed by atoms with E-state index in [9.17, 15) is 0 Å². The highest BCUT2D eigenvalue weighted by atomic mass is 16.3. The number of nitrogens with one attached hydrogen (secondary N) is 2. The van der Waals surface area contributed by atoms with Crippen LogP contribution in [0, 0.1) is 0 Å². The van der Waals surface area contributed by atoms with E-state index in [4.69, 9.17) is 10.3 Å². The largest absolute Gasteiger partial charge is 0.459 e. The zero-order valence-corrected chi connectivity index (χ0v) is 11.1. The number of rotatable bonds is 6. The van der Waals surface area contributed by atoms with Crippen molar-refractivity contribution in [1.29, 1.82) is 0 Å². The molecule has 1 aromatic carbocycles. The maximum Gasteiger partial charge on any atom is 0.134 e. The van der Waals surface area contributed by atoms with E-state index >= 15 is 0 Å². The van der Waals surface area contributed by atoms with Gasteiger partial charge in [0, 0.05) is 6.81 Å². The maximum atomic E-state index is 5.81. The number of hydrazine groups is 1. The molecule has 0 aliphatic carbocycles. The topological polar surface area (TPSA) is 111 Å². The number of nitrogens with zero attached hydrogens (tertiary/aromatic N) is 1. The second-order valence-corrected chi connectivity index (χ2v) is 4.04. The highest BCUT2D eigenvalue weighted by molar-refractivity contribution is 5.77. The van der Waals surface area contributed by atoms with Crippen LogP contribution in [0.3, 0.4) is 0 Å². The lowest BCUT2D eigenvalue weighted by Gasteiger charge is -2.08. The molecular weight excluding hydrogens is 242 g/mol. The molecule has 1 unspecified atom stereocenters. The molecule has 19 heavy (non-hydrogen) atoms. The second-order valence-electron chi connectivity index (χ2n) is 4.04. The Morgan fingerprint density at radius 3 is 2.95 bits per heavy atom. The molecule has 1 aromatic heterocycles. The van der Waals surface area contributed by atoms with Crippen molar-refractivity contribution in [1.82, 2.24) is 16.9 Å². The Hall–Kier alpha value is -1.89. The molecule has 0 bridgehead atoms. The van der Waals surface area contributed by atoms with Crippen LogP contribution in [0.4, 0.5) is 0 Å². The first-order valence-corrected chi connectivity index (χ1v) is 5.96. The average Bonchev–Trinajstić information content (AvgIpc) is 2.82. The Balaban J connectivity index is 0.00000180. The summed E-state index contributed by atoms with van der Waals surface area (Å²) in [5.74, 6) is 6.07. The van der Waals surface area contributed by atoms with Crippen LogP contribution in [-0.2, 0) is 0 Å². The van der Waals surface area contributed by atoms with Gasteiger partial charge in [0.25, 0.3) is 0 Å². The predicted molar refractivity (Wildman–Crippen MR) is 80.4 cm³/mol. The van der Waals surface area contributed by atoms with Gasteiger partial charge in [-0.25, -0.2) is 5.84 Å². The lowest BCUT2D eigenvalue weighted by atomic mass is 10.1. The second kappa shape index (κ2) is 7.52. The number of para-hydroxylation sites is 1. The minimum atomic E-state index is -0.0269. The molecule has 1 atom stereocenters. The van der Waals surface area contributed by atoms with Gasteiger partial charge >= 0.3 is 0 Å². The zero-order valence-electron chi connectivity index (χ0n) is 11.1. The van der Waals surface area contributed by atoms with Crippen LogP contribution in [-0.4, -0.2) is 19.9 Å². The van der Waals surface area contributed by atoms with E-state index in [0.717, 1.165) is 29.7 Å². The van der Waals surface area contributed by atoms with Gasteiger partial charge in [0.05, 0.1) is 6.34 Å². The van der Waals surface area contributed by atoms with Gasteiger partial charge in [0.15, 0.2) is 0 Å². The number of hydrogen-bond acceptors (Lipinski definition) is 5. The maximum absolute atomic E-state index is 5.81. The molecule has 2 aromatic rings. The third kappa shape index (κ3) is 3.78. The fourth-order valence-electron chi connectivity index (χ4n) is 1.87. The molecular formula is C13H23N5O. The van der Waals surface area contributed by atoms with Gasteiger partial charge < -0.3 is 21.3 Å². The van der Waals surface area contributed by atoms with E-state index in [2.05, 4.69) is 15.7 Å². The molecule has 1 heterocycles. The molecule has 0 radical (unpaired) electrons. The molecule has 0 spiro atoms. The van der Waals surface area contributed by atoms with E-state index in [0.29, 0.717) is 0 Å². The average molecular weight is 265 g/mol. The Bertz CT molecular complexity index is 495. The van der Waals surface area contributed by atoms with E-state index in [1.54, 1.807) is 0 Å². The molecule has 0 saturated carbocycles. The molecule has 6 heteroatoms. The number of benzene rings is 1. The molecule has 0 aliphatic heterocycles. The Morgan fingerprint density at radius 2 is 2.26 bits per heavy atom. The van der Waals surface area contributed by atoms with Gasteiger partial charge in [-0.1, -0.05) is 18.2 Å². The Labute approximate surface area is 114 Å². The van der Waals surface area contributed by atoms with Gasteiger partial charge in [0.1, 0.15) is 17.4 Å². The van der Waals surface area contributed by atoms with Gasteiger partial charge in [-0.15, -0.1) is 0 Å². The Kier molecular flexibility index (Phi) is 6.01. The lowest BCUT2D eigenvalue weighted by molar-refractivity contribution is 0.475. The van der Waals surface area contributed by atoms with Gasteiger partial charge in [-0.2, -0.15) is 0 Å². The minimum Gasteiger partial charge on any atom is -0.459 e. The molecule has 6 nitrogen and oxygen atoms in total. The van der Waals surface area contributed by atoms with Gasteiger partial charge in [0.2, 0.25) is 0 Å². The van der Waals surface area contributed by atoms with Crippen LogP contribution in [0.25, 0.3) is 11.0 Å². The lowest BCUT2D eigenvalue weighted by Crippen LogP contribution is -2.20. The van der Waals surface area contributed by atoms with Crippen molar-refractivity contribution in [3.63, 3.8) is 0 Å². The summed E-state index contributed by atoms with van der Waals surface area (Å²) in [5, 5.41) is 4.21. The number of aliphatic imine (C=N–C) groups is 1. The highest BCUT2D eigenvalue weighted by Crippen LogP contribution is 2.27. The summed E-state index contributed by atoms with van der Waals surface area (Å²) < 4.78 is 5.81. The molecule has 106 valence electrons. The summed E-state index contributed by atoms with van der Waals surface area (Å²) in [6.07, 6.45) is 2.35. The van der Waals surface area contributed by atoms with Crippen LogP contribution >= 0.6 is 0 Å². The molecule has 0 fully saturated rings. The van der Waals surface area contributed by atoms with Crippen LogP contribution in [0.2, 0.25) is 0 Å². The first-order chi connectivity index (χ1) is 8.85. The monoisotopic (exact) mass is 265 g/mol. The van der Waals surface area contributed by atoms with Crippen LogP contribution < -0.4 is 22.7 Å². The first-order valence-electron chi connectivity index (χ1n) is 5.96.